The molecular formula is C20H21FN2O2. The summed E-state index contributed by atoms with van der Waals surface area (Å²) in [6.45, 7) is 8.19. The summed E-state index contributed by atoms with van der Waals surface area (Å²) in [6, 6.07) is 3.36. The molecule has 2 aliphatic heterocycles. The molecule has 0 radical (unpaired) electrons. The van der Waals surface area contributed by atoms with Gasteiger partial charge in [0.25, 0.3) is 0 Å². The Labute approximate surface area is 146 Å². The van der Waals surface area contributed by atoms with Crippen LogP contribution in [0.25, 0.3) is 17.0 Å². The highest BCUT2D eigenvalue weighted by Gasteiger charge is 2.37. The quantitative estimate of drug-likeness (QED) is 0.775. The van der Waals surface area contributed by atoms with Gasteiger partial charge in [0.1, 0.15) is 29.1 Å². The molecule has 0 spiro atoms. The summed E-state index contributed by atoms with van der Waals surface area (Å²) in [5.41, 5.74) is 4.47. The van der Waals surface area contributed by atoms with Gasteiger partial charge in [-0.3, -0.25) is 4.98 Å². The van der Waals surface area contributed by atoms with Crippen LogP contribution in [0.2, 0.25) is 0 Å². The molecule has 0 aromatic carbocycles. The molecule has 5 heteroatoms. The van der Waals surface area contributed by atoms with Crippen LogP contribution in [-0.4, -0.2) is 22.7 Å². The van der Waals surface area contributed by atoms with E-state index in [1.165, 1.54) is 6.07 Å². The van der Waals surface area contributed by atoms with Crippen LogP contribution in [-0.2, 0) is 15.9 Å². The highest BCUT2D eigenvalue weighted by molar-refractivity contribution is 5.70. The molecule has 0 N–H and O–H groups in total. The van der Waals surface area contributed by atoms with Crippen molar-refractivity contribution >= 4 is 5.76 Å². The summed E-state index contributed by atoms with van der Waals surface area (Å²) in [4.78, 5) is 9.10. The van der Waals surface area contributed by atoms with E-state index >= 15 is 0 Å². The third-order valence-corrected chi connectivity index (χ3v) is 4.84. The van der Waals surface area contributed by atoms with E-state index in [0.29, 0.717) is 23.8 Å². The second kappa shape index (κ2) is 6.23. The average Bonchev–Trinajstić information content (AvgIpc) is 2.97. The fraction of sp³-hybridized carbons (Fsp3) is 0.400. The molecule has 4 heterocycles. The minimum atomic E-state index is -0.319. The van der Waals surface area contributed by atoms with E-state index in [1.54, 1.807) is 6.20 Å². The molecule has 2 bridgehead atoms. The first kappa shape index (κ1) is 16.2. The average molecular weight is 340 g/mol. The molecular weight excluding hydrogens is 319 g/mol. The molecule has 4 nitrogen and oxygen atoms in total. The van der Waals surface area contributed by atoms with Crippen molar-refractivity contribution in [1.82, 2.24) is 9.97 Å². The van der Waals surface area contributed by atoms with E-state index in [4.69, 9.17) is 14.5 Å². The van der Waals surface area contributed by atoms with E-state index < -0.39 is 0 Å². The molecule has 0 saturated carbocycles. The summed E-state index contributed by atoms with van der Waals surface area (Å²) in [7, 11) is 0. The maximum absolute atomic E-state index is 14.6. The summed E-state index contributed by atoms with van der Waals surface area (Å²) in [5, 5.41) is 0. The third kappa shape index (κ3) is 2.82. The zero-order chi connectivity index (χ0) is 17.6. The van der Waals surface area contributed by atoms with Gasteiger partial charge in [-0.2, -0.15) is 0 Å². The number of rotatable bonds is 4. The Morgan fingerprint density at radius 2 is 2.24 bits per heavy atom. The van der Waals surface area contributed by atoms with Crippen molar-refractivity contribution in [2.45, 2.75) is 45.3 Å². The number of aryl methyl sites for hydroxylation is 1. The Morgan fingerprint density at radius 3 is 3.00 bits per heavy atom. The predicted octanol–water partition coefficient (Wildman–Crippen LogP) is 4.37. The van der Waals surface area contributed by atoms with Crippen molar-refractivity contribution in [2.75, 3.05) is 6.61 Å². The summed E-state index contributed by atoms with van der Waals surface area (Å²) in [5.74, 6) is 0.166. The fourth-order valence-corrected chi connectivity index (χ4v) is 3.69. The maximum atomic E-state index is 14.6. The molecule has 0 aliphatic carbocycles. The Morgan fingerprint density at radius 1 is 1.40 bits per heavy atom. The third-order valence-electron chi connectivity index (χ3n) is 4.84. The van der Waals surface area contributed by atoms with Crippen molar-refractivity contribution in [3.8, 4) is 11.3 Å². The van der Waals surface area contributed by atoms with Crippen molar-refractivity contribution in [3.05, 3.63) is 53.2 Å². The smallest absolute Gasteiger partial charge is 0.149 e. The van der Waals surface area contributed by atoms with Gasteiger partial charge in [0.05, 0.1) is 18.4 Å². The van der Waals surface area contributed by atoms with E-state index in [9.17, 15) is 4.39 Å². The zero-order valence-electron chi connectivity index (χ0n) is 14.5. The van der Waals surface area contributed by atoms with E-state index in [0.717, 1.165) is 41.6 Å². The van der Waals surface area contributed by atoms with Gasteiger partial charge in [-0.05, 0) is 49.9 Å². The van der Waals surface area contributed by atoms with Gasteiger partial charge in [0, 0.05) is 18.2 Å². The van der Waals surface area contributed by atoms with Crippen molar-refractivity contribution in [2.24, 2.45) is 0 Å². The van der Waals surface area contributed by atoms with Crippen LogP contribution in [0, 0.1) is 12.7 Å². The molecule has 4 rings (SSSR count). The molecule has 1 fully saturated rings. The van der Waals surface area contributed by atoms with Crippen LogP contribution < -0.4 is 0 Å². The lowest BCUT2D eigenvalue weighted by Gasteiger charge is -2.26. The Hall–Kier alpha value is -2.27. The first-order valence-corrected chi connectivity index (χ1v) is 8.70. The normalized spacial score (nSPS) is 21.1. The van der Waals surface area contributed by atoms with Gasteiger partial charge in [-0.25, -0.2) is 9.37 Å². The number of aromatic nitrogens is 2. The Kier molecular flexibility index (Phi) is 4.04. The highest BCUT2D eigenvalue weighted by Crippen LogP contribution is 2.44. The van der Waals surface area contributed by atoms with Crippen LogP contribution in [0.15, 0.2) is 24.9 Å². The number of ether oxygens (including phenoxy) is 2. The molecule has 2 aromatic rings. The van der Waals surface area contributed by atoms with Crippen molar-refractivity contribution in [3.63, 3.8) is 0 Å². The molecule has 2 aromatic heterocycles. The Bertz CT molecular complexity index is 850. The molecule has 0 amide bonds. The SMILES string of the molecule is C=C(OCC)c1cc(-c2ncc(C)cc2F)c2c(n1)C1CCC(C2)O1. The lowest BCUT2D eigenvalue weighted by Crippen LogP contribution is -2.21. The monoisotopic (exact) mass is 340 g/mol. The largest absolute Gasteiger partial charge is 0.492 e. The van der Waals surface area contributed by atoms with Gasteiger partial charge in [0.15, 0.2) is 0 Å². The van der Waals surface area contributed by atoms with Crippen LogP contribution in [0.3, 0.4) is 0 Å². The van der Waals surface area contributed by atoms with Crippen LogP contribution in [0.5, 0.6) is 0 Å². The Balaban J connectivity index is 1.91. The minimum Gasteiger partial charge on any atom is -0.492 e. The highest BCUT2D eigenvalue weighted by atomic mass is 19.1. The summed E-state index contributed by atoms with van der Waals surface area (Å²) in [6.07, 6.45) is 4.54. The molecule has 2 atom stereocenters. The van der Waals surface area contributed by atoms with E-state index in [1.807, 2.05) is 19.9 Å². The number of hydrogen-bond acceptors (Lipinski definition) is 4. The van der Waals surface area contributed by atoms with E-state index in [-0.39, 0.29) is 18.0 Å². The predicted molar refractivity (Wildman–Crippen MR) is 93.4 cm³/mol. The molecule has 1 saturated heterocycles. The van der Waals surface area contributed by atoms with Crippen LogP contribution in [0.4, 0.5) is 4.39 Å². The maximum Gasteiger partial charge on any atom is 0.149 e. The van der Waals surface area contributed by atoms with Crippen LogP contribution >= 0.6 is 0 Å². The second-order valence-corrected chi connectivity index (χ2v) is 6.65. The first-order chi connectivity index (χ1) is 12.1. The van der Waals surface area contributed by atoms with Gasteiger partial charge >= 0.3 is 0 Å². The molecule has 2 unspecified atom stereocenters. The number of halogens is 1. The lowest BCUT2D eigenvalue weighted by molar-refractivity contribution is 0.0295. The fourth-order valence-electron chi connectivity index (χ4n) is 3.69. The van der Waals surface area contributed by atoms with Gasteiger partial charge in [-0.15, -0.1) is 0 Å². The number of hydrogen-bond donors (Lipinski definition) is 0. The van der Waals surface area contributed by atoms with Crippen molar-refractivity contribution < 1.29 is 13.9 Å². The second-order valence-electron chi connectivity index (χ2n) is 6.65. The van der Waals surface area contributed by atoms with Gasteiger partial charge in [-0.1, -0.05) is 6.58 Å². The molecule has 2 aliphatic rings. The van der Waals surface area contributed by atoms with Crippen LogP contribution in [0.1, 0.15) is 48.4 Å². The van der Waals surface area contributed by atoms with Crippen molar-refractivity contribution in [1.29, 1.82) is 0 Å². The summed E-state index contributed by atoms with van der Waals surface area (Å²) >= 11 is 0. The van der Waals surface area contributed by atoms with E-state index in [2.05, 4.69) is 11.6 Å². The standard InChI is InChI=1S/C20H21FN2O2/c1-4-24-12(3)17-9-15(19-16(21)7-11(2)10-22-19)14-8-13-5-6-18(25-13)20(14)23-17/h7,9-10,13,18H,3-6,8H2,1-2H3. The number of pyridine rings is 2. The van der Waals surface area contributed by atoms with Gasteiger partial charge < -0.3 is 9.47 Å². The number of fused-ring (bicyclic) bond motifs is 4. The zero-order valence-corrected chi connectivity index (χ0v) is 14.5. The molecule has 130 valence electrons. The van der Waals surface area contributed by atoms with Gasteiger partial charge in [0.2, 0.25) is 0 Å². The number of nitrogens with zero attached hydrogens (tertiary/aromatic N) is 2. The molecule has 25 heavy (non-hydrogen) atoms. The summed E-state index contributed by atoms with van der Waals surface area (Å²) < 4.78 is 26.2. The first-order valence-electron chi connectivity index (χ1n) is 8.70. The topological polar surface area (TPSA) is 44.2 Å². The lowest BCUT2D eigenvalue weighted by atomic mass is 9.94. The minimum absolute atomic E-state index is 0.0320.